The average Bonchev–Trinajstić information content (AvgIpc) is 3.07. The van der Waals surface area contributed by atoms with Gasteiger partial charge < -0.3 is 14.2 Å². The number of hydrogen-bond acceptors (Lipinski definition) is 7. The largest absolute Gasteiger partial charge is 0.481 e. The van der Waals surface area contributed by atoms with E-state index in [1.54, 1.807) is 85.8 Å². The summed E-state index contributed by atoms with van der Waals surface area (Å²) < 4.78 is 16.9. The van der Waals surface area contributed by atoms with E-state index in [9.17, 15) is 14.4 Å². The Morgan fingerprint density at radius 1 is 0.636 bits per heavy atom. The average molecular weight is 585 g/mol. The van der Waals surface area contributed by atoms with Crippen molar-refractivity contribution in [3.63, 3.8) is 0 Å². The lowest BCUT2D eigenvalue weighted by molar-refractivity contribution is -0.127. The third kappa shape index (κ3) is 7.83. The summed E-state index contributed by atoms with van der Waals surface area (Å²) in [5.74, 6) is -0.884. The minimum absolute atomic E-state index is 0.0815. The Hall–Kier alpha value is -6.02. The van der Waals surface area contributed by atoms with Crippen molar-refractivity contribution in [3.05, 3.63) is 150 Å². The summed E-state index contributed by atoms with van der Waals surface area (Å²) >= 11 is 0. The van der Waals surface area contributed by atoms with Crippen LogP contribution in [0.2, 0.25) is 0 Å². The van der Waals surface area contributed by atoms with Crippen LogP contribution in [0.15, 0.2) is 139 Å². The van der Waals surface area contributed by atoms with E-state index in [1.165, 1.54) is 18.3 Å². The highest BCUT2D eigenvalue weighted by Gasteiger charge is 2.16. The molecule has 1 N–H and O–H groups in total. The van der Waals surface area contributed by atoms with Gasteiger partial charge in [0.2, 0.25) is 0 Å². The maximum Gasteiger partial charge on any atom is 0.343 e. The molecule has 0 aromatic heterocycles. The Kier molecular flexibility index (Phi) is 9.54. The topological polar surface area (TPSA) is 103 Å². The van der Waals surface area contributed by atoms with Crippen molar-refractivity contribution in [1.29, 1.82) is 0 Å². The molecule has 0 aliphatic heterocycles. The van der Waals surface area contributed by atoms with Crippen LogP contribution in [0.4, 0.5) is 0 Å². The minimum Gasteiger partial charge on any atom is -0.481 e. The first-order valence-corrected chi connectivity index (χ1v) is 13.8. The van der Waals surface area contributed by atoms with Crippen LogP contribution in [-0.4, -0.2) is 30.2 Å². The molecule has 8 nitrogen and oxygen atoms in total. The first-order chi connectivity index (χ1) is 21.5. The number of hydrogen-bond donors (Lipinski definition) is 1. The van der Waals surface area contributed by atoms with E-state index in [1.807, 2.05) is 42.5 Å². The summed E-state index contributed by atoms with van der Waals surface area (Å²) in [6.07, 6.45) is 0.486. The molecule has 5 aromatic carbocycles. The van der Waals surface area contributed by atoms with Gasteiger partial charge in [0, 0.05) is 11.6 Å². The standard InChI is InChI=1S/C36H28N2O6/c1-25(42-31-20-17-27(18-21-31)26-11-5-2-6-12-26)34(39)38-37-24-30-19-22-32(43-35(40)28-13-7-3-8-14-28)23-33(30)44-36(41)29-15-9-4-10-16-29/h2-25H,1H3,(H,38,39)/b37-24-/t25-/m0/s1. The molecule has 0 aliphatic rings. The van der Waals surface area contributed by atoms with Crippen molar-refractivity contribution in [1.82, 2.24) is 5.43 Å². The van der Waals surface area contributed by atoms with E-state index >= 15 is 0 Å². The van der Waals surface area contributed by atoms with Crippen molar-refractivity contribution in [2.75, 3.05) is 0 Å². The Bertz CT molecular complexity index is 1760. The zero-order chi connectivity index (χ0) is 30.7. The molecule has 1 amide bonds. The second-order valence-corrected chi connectivity index (χ2v) is 9.60. The van der Waals surface area contributed by atoms with Crippen LogP contribution < -0.4 is 19.6 Å². The molecule has 1 atom stereocenters. The molecule has 0 radical (unpaired) electrons. The van der Waals surface area contributed by atoms with E-state index in [4.69, 9.17) is 14.2 Å². The molecular formula is C36H28N2O6. The van der Waals surface area contributed by atoms with Crippen molar-refractivity contribution in [3.8, 4) is 28.4 Å². The molecule has 5 rings (SSSR count). The molecule has 0 saturated heterocycles. The van der Waals surface area contributed by atoms with Crippen LogP contribution in [0, 0.1) is 0 Å². The highest BCUT2D eigenvalue weighted by molar-refractivity contribution is 5.94. The highest BCUT2D eigenvalue weighted by Crippen LogP contribution is 2.26. The number of benzene rings is 5. The van der Waals surface area contributed by atoms with Gasteiger partial charge in [-0.2, -0.15) is 5.10 Å². The molecule has 0 bridgehead atoms. The van der Waals surface area contributed by atoms with E-state index in [2.05, 4.69) is 10.5 Å². The summed E-state index contributed by atoms with van der Waals surface area (Å²) in [4.78, 5) is 38.1. The molecule has 44 heavy (non-hydrogen) atoms. The molecule has 218 valence electrons. The number of hydrazone groups is 1. The summed E-state index contributed by atoms with van der Waals surface area (Å²) in [6, 6.07) is 38.8. The molecule has 0 aliphatic carbocycles. The fourth-order valence-corrected chi connectivity index (χ4v) is 4.12. The molecule has 0 heterocycles. The molecule has 0 spiro atoms. The number of carbonyl (C=O) groups is 3. The molecule has 0 unspecified atom stereocenters. The van der Waals surface area contributed by atoms with Crippen molar-refractivity contribution in [2.24, 2.45) is 5.10 Å². The first kappa shape index (κ1) is 29.5. The van der Waals surface area contributed by atoms with Crippen molar-refractivity contribution in [2.45, 2.75) is 13.0 Å². The van der Waals surface area contributed by atoms with Gasteiger partial charge in [0.15, 0.2) is 6.10 Å². The molecule has 0 saturated carbocycles. The summed E-state index contributed by atoms with van der Waals surface area (Å²) in [7, 11) is 0. The van der Waals surface area contributed by atoms with Crippen LogP contribution in [0.3, 0.4) is 0 Å². The fourth-order valence-electron chi connectivity index (χ4n) is 4.12. The maximum absolute atomic E-state index is 12.8. The highest BCUT2D eigenvalue weighted by atomic mass is 16.5. The van der Waals surface area contributed by atoms with Gasteiger partial charge in [-0.25, -0.2) is 15.0 Å². The Morgan fingerprint density at radius 3 is 1.77 bits per heavy atom. The lowest BCUT2D eigenvalue weighted by Gasteiger charge is -2.13. The van der Waals surface area contributed by atoms with Crippen LogP contribution in [0.5, 0.6) is 17.2 Å². The van der Waals surface area contributed by atoms with Gasteiger partial charge in [-0.05, 0) is 66.6 Å². The van der Waals surface area contributed by atoms with Crippen molar-refractivity contribution < 1.29 is 28.6 Å². The molecule has 0 fully saturated rings. The maximum atomic E-state index is 12.8. The zero-order valence-corrected chi connectivity index (χ0v) is 23.8. The fraction of sp³-hybridized carbons (Fsp3) is 0.0556. The summed E-state index contributed by atoms with van der Waals surface area (Å²) in [5, 5.41) is 4.03. The van der Waals surface area contributed by atoms with Crippen LogP contribution in [-0.2, 0) is 4.79 Å². The Balaban J connectivity index is 1.26. The van der Waals surface area contributed by atoms with Crippen LogP contribution in [0.25, 0.3) is 11.1 Å². The number of amides is 1. The van der Waals surface area contributed by atoms with Gasteiger partial charge in [-0.3, -0.25) is 4.79 Å². The smallest absolute Gasteiger partial charge is 0.343 e. The van der Waals surface area contributed by atoms with Crippen molar-refractivity contribution >= 4 is 24.1 Å². The molecule has 5 aromatic rings. The van der Waals surface area contributed by atoms with Gasteiger partial charge in [0.05, 0.1) is 17.3 Å². The Labute approximate surface area is 254 Å². The van der Waals surface area contributed by atoms with Gasteiger partial charge >= 0.3 is 11.9 Å². The number of rotatable bonds is 10. The lowest BCUT2D eigenvalue weighted by atomic mass is 10.1. The number of carbonyl (C=O) groups excluding carboxylic acids is 3. The quantitative estimate of drug-likeness (QED) is 0.0847. The number of nitrogens with zero attached hydrogens (tertiary/aromatic N) is 1. The van der Waals surface area contributed by atoms with Crippen LogP contribution in [0.1, 0.15) is 33.2 Å². The number of ether oxygens (including phenoxy) is 3. The number of nitrogens with one attached hydrogen (secondary N) is 1. The minimum atomic E-state index is -0.843. The van der Waals surface area contributed by atoms with E-state index in [-0.39, 0.29) is 11.5 Å². The molecule has 8 heteroatoms. The second-order valence-electron chi connectivity index (χ2n) is 9.60. The van der Waals surface area contributed by atoms with E-state index < -0.39 is 23.9 Å². The Morgan fingerprint density at radius 2 is 1.16 bits per heavy atom. The van der Waals surface area contributed by atoms with E-state index in [0.29, 0.717) is 22.4 Å². The zero-order valence-electron chi connectivity index (χ0n) is 23.8. The first-order valence-electron chi connectivity index (χ1n) is 13.8. The third-order valence-electron chi connectivity index (χ3n) is 6.44. The van der Waals surface area contributed by atoms with E-state index in [0.717, 1.165) is 11.1 Å². The lowest BCUT2D eigenvalue weighted by Crippen LogP contribution is -2.33. The van der Waals surface area contributed by atoms with Gasteiger partial charge in [-0.1, -0.05) is 78.9 Å². The summed E-state index contributed by atoms with van der Waals surface area (Å²) in [5.41, 5.74) is 5.62. The molecular weight excluding hydrogens is 556 g/mol. The normalized spacial score (nSPS) is 11.4. The number of esters is 2. The van der Waals surface area contributed by atoms with Gasteiger partial charge in [0.1, 0.15) is 17.2 Å². The van der Waals surface area contributed by atoms with Crippen LogP contribution >= 0.6 is 0 Å². The SMILES string of the molecule is C[C@H](Oc1ccc(-c2ccccc2)cc1)C(=O)N/N=C\c1ccc(OC(=O)c2ccccc2)cc1OC(=O)c1ccccc1. The summed E-state index contributed by atoms with van der Waals surface area (Å²) in [6.45, 7) is 1.61. The second kappa shape index (κ2) is 14.2. The van der Waals surface area contributed by atoms with Gasteiger partial charge in [0.25, 0.3) is 5.91 Å². The van der Waals surface area contributed by atoms with Gasteiger partial charge in [-0.15, -0.1) is 0 Å². The monoisotopic (exact) mass is 584 g/mol. The predicted molar refractivity (Wildman–Crippen MR) is 167 cm³/mol. The third-order valence-corrected chi connectivity index (χ3v) is 6.44. The predicted octanol–water partition coefficient (Wildman–Crippen LogP) is 6.71.